The van der Waals surface area contributed by atoms with E-state index in [9.17, 15) is 4.79 Å². The highest BCUT2D eigenvalue weighted by molar-refractivity contribution is 5.92. The molecule has 1 aromatic carbocycles. The van der Waals surface area contributed by atoms with Crippen molar-refractivity contribution in [2.45, 2.75) is 25.9 Å². The first-order valence-corrected chi connectivity index (χ1v) is 7.23. The number of amides is 1. The summed E-state index contributed by atoms with van der Waals surface area (Å²) in [5.74, 6) is 0.209. The molecule has 3 rings (SSSR count). The van der Waals surface area contributed by atoms with Crippen LogP contribution in [-0.2, 0) is 0 Å². The van der Waals surface area contributed by atoms with Gasteiger partial charge in [0.2, 0.25) is 5.76 Å². The Labute approximate surface area is 136 Å². The van der Waals surface area contributed by atoms with Gasteiger partial charge in [-0.05, 0) is 13.8 Å². The van der Waals surface area contributed by atoms with Gasteiger partial charge in [0, 0.05) is 36.8 Å². The standard InChI is InChI=1S/C16H19N3O2.ClH/c1-11-12(2)19(9-8-17-11)16(20)15-10-14(18-21-15)13-6-4-3-5-7-13;/h3-7,10-12,17H,8-9H2,1-2H3;1H. The van der Waals surface area contributed by atoms with Gasteiger partial charge in [0.15, 0.2) is 0 Å². The van der Waals surface area contributed by atoms with Crippen molar-refractivity contribution in [2.24, 2.45) is 0 Å². The summed E-state index contributed by atoms with van der Waals surface area (Å²) in [5.41, 5.74) is 1.64. The molecule has 1 saturated heterocycles. The second-order valence-corrected chi connectivity index (χ2v) is 5.42. The molecule has 0 saturated carbocycles. The van der Waals surface area contributed by atoms with Crippen molar-refractivity contribution >= 4 is 18.3 Å². The van der Waals surface area contributed by atoms with Crippen LogP contribution >= 0.6 is 12.4 Å². The van der Waals surface area contributed by atoms with Crippen LogP contribution in [0.1, 0.15) is 24.4 Å². The van der Waals surface area contributed by atoms with Crippen molar-refractivity contribution in [3.8, 4) is 11.3 Å². The molecule has 1 amide bonds. The number of rotatable bonds is 2. The smallest absolute Gasteiger partial charge is 0.292 e. The average molecular weight is 322 g/mol. The molecule has 6 heteroatoms. The summed E-state index contributed by atoms with van der Waals surface area (Å²) in [6, 6.07) is 11.8. The maximum absolute atomic E-state index is 12.6. The number of nitrogens with one attached hydrogen (secondary N) is 1. The predicted octanol–water partition coefficient (Wildman–Crippen LogP) is 2.59. The minimum Gasteiger partial charge on any atom is -0.350 e. The van der Waals surface area contributed by atoms with E-state index in [0.29, 0.717) is 18.0 Å². The molecule has 1 aromatic heterocycles. The van der Waals surface area contributed by atoms with Gasteiger partial charge in [-0.3, -0.25) is 4.79 Å². The van der Waals surface area contributed by atoms with E-state index in [1.54, 1.807) is 6.07 Å². The van der Waals surface area contributed by atoms with Gasteiger partial charge in [-0.1, -0.05) is 35.5 Å². The van der Waals surface area contributed by atoms with E-state index >= 15 is 0 Å². The lowest BCUT2D eigenvalue weighted by atomic mass is 10.1. The van der Waals surface area contributed by atoms with E-state index in [1.807, 2.05) is 42.2 Å². The van der Waals surface area contributed by atoms with Crippen LogP contribution in [0.5, 0.6) is 0 Å². The van der Waals surface area contributed by atoms with Crippen molar-refractivity contribution < 1.29 is 9.32 Å². The molecular formula is C16H20ClN3O2. The molecule has 0 radical (unpaired) electrons. The lowest BCUT2D eigenvalue weighted by Gasteiger charge is -2.37. The highest BCUT2D eigenvalue weighted by Crippen LogP contribution is 2.21. The number of carbonyl (C=O) groups excluding carboxylic acids is 1. The van der Waals surface area contributed by atoms with Crippen LogP contribution in [0.4, 0.5) is 0 Å². The zero-order valence-corrected chi connectivity index (χ0v) is 13.5. The van der Waals surface area contributed by atoms with Gasteiger partial charge in [0.05, 0.1) is 0 Å². The third kappa shape index (κ3) is 3.15. The van der Waals surface area contributed by atoms with Gasteiger partial charge in [-0.2, -0.15) is 0 Å². The Morgan fingerprint density at radius 2 is 2.05 bits per heavy atom. The summed E-state index contributed by atoms with van der Waals surface area (Å²) in [4.78, 5) is 14.4. The highest BCUT2D eigenvalue weighted by atomic mass is 35.5. The van der Waals surface area contributed by atoms with Crippen LogP contribution in [0.3, 0.4) is 0 Å². The largest absolute Gasteiger partial charge is 0.350 e. The quantitative estimate of drug-likeness (QED) is 0.923. The first-order chi connectivity index (χ1) is 10.2. The molecule has 0 bridgehead atoms. The molecule has 0 spiro atoms. The van der Waals surface area contributed by atoms with Gasteiger partial charge < -0.3 is 14.7 Å². The minimum atomic E-state index is -0.0921. The Bertz CT molecular complexity index is 629. The third-order valence-electron chi connectivity index (χ3n) is 4.09. The van der Waals surface area contributed by atoms with Crippen LogP contribution in [-0.4, -0.2) is 41.1 Å². The van der Waals surface area contributed by atoms with E-state index in [2.05, 4.69) is 17.4 Å². The zero-order chi connectivity index (χ0) is 14.8. The SMILES string of the molecule is CC1NCCN(C(=O)c2cc(-c3ccccc3)no2)C1C.Cl. The summed E-state index contributed by atoms with van der Waals surface area (Å²) in [6.45, 7) is 5.62. The fourth-order valence-electron chi connectivity index (χ4n) is 2.61. The number of piperazine rings is 1. The molecule has 1 aliphatic rings. The summed E-state index contributed by atoms with van der Waals surface area (Å²) in [7, 11) is 0. The van der Waals surface area contributed by atoms with Crippen LogP contribution in [0.15, 0.2) is 40.9 Å². The van der Waals surface area contributed by atoms with Gasteiger partial charge in [-0.25, -0.2) is 0 Å². The number of carbonyl (C=O) groups is 1. The number of nitrogens with zero attached hydrogens (tertiary/aromatic N) is 2. The first-order valence-electron chi connectivity index (χ1n) is 7.23. The number of halogens is 1. The molecule has 22 heavy (non-hydrogen) atoms. The molecule has 1 N–H and O–H groups in total. The monoisotopic (exact) mass is 321 g/mol. The van der Waals surface area contributed by atoms with Crippen LogP contribution in [0, 0.1) is 0 Å². The van der Waals surface area contributed by atoms with E-state index in [1.165, 1.54) is 0 Å². The second kappa shape index (κ2) is 6.94. The van der Waals surface area contributed by atoms with E-state index < -0.39 is 0 Å². The third-order valence-corrected chi connectivity index (χ3v) is 4.09. The molecule has 2 atom stereocenters. The van der Waals surface area contributed by atoms with E-state index in [0.717, 1.165) is 12.1 Å². The maximum Gasteiger partial charge on any atom is 0.292 e. The zero-order valence-electron chi connectivity index (χ0n) is 12.7. The first kappa shape index (κ1) is 16.5. The van der Waals surface area contributed by atoms with Gasteiger partial charge in [0.1, 0.15) is 5.69 Å². The molecule has 118 valence electrons. The van der Waals surface area contributed by atoms with E-state index in [-0.39, 0.29) is 30.4 Å². The number of benzene rings is 1. The molecule has 2 aromatic rings. The Balaban J connectivity index is 0.00000176. The Hall–Kier alpha value is -1.85. The van der Waals surface area contributed by atoms with Crippen LogP contribution < -0.4 is 5.32 Å². The molecule has 1 fully saturated rings. The Kier molecular flexibility index (Phi) is 5.21. The molecule has 1 aliphatic heterocycles. The molecule has 2 unspecified atom stereocenters. The van der Waals surface area contributed by atoms with Crippen molar-refractivity contribution in [2.75, 3.05) is 13.1 Å². The van der Waals surface area contributed by atoms with Crippen molar-refractivity contribution in [3.05, 3.63) is 42.2 Å². The number of aromatic nitrogens is 1. The molecule has 2 heterocycles. The van der Waals surface area contributed by atoms with Crippen molar-refractivity contribution in [1.82, 2.24) is 15.4 Å². The van der Waals surface area contributed by atoms with Gasteiger partial charge in [-0.15, -0.1) is 12.4 Å². The van der Waals surface area contributed by atoms with Crippen molar-refractivity contribution in [3.63, 3.8) is 0 Å². The number of hydrogen-bond acceptors (Lipinski definition) is 4. The topological polar surface area (TPSA) is 58.4 Å². The van der Waals surface area contributed by atoms with Crippen LogP contribution in [0.2, 0.25) is 0 Å². The Morgan fingerprint density at radius 1 is 1.32 bits per heavy atom. The summed E-state index contributed by atoms with van der Waals surface area (Å²) >= 11 is 0. The average Bonchev–Trinajstić information content (AvgIpc) is 3.00. The minimum absolute atomic E-state index is 0. The van der Waals surface area contributed by atoms with E-state index in [4.69, 9.17) is 4.52 Å². The Morgan fingerprint density at radius 3 is 2.77 bits per heavy atom. The van der Waals surface area contributed by atoms with Gasteiger partial charge >= 0.3 is 0 Å². The predicted molar refractivity (Wildman–Crippen MR) is 87.2 cm³/mol. The summed E-state index contributed by atoms with van der Waals surface area (Å²) in [6.07, 6.45) is 0. The fraction of sp³-hybridized carbons (Fsp3) is 0.375. The summed E-state index contributed by atoms with van der Waals surface area (Å²) in [5, 5.41) is 7.37. The maximum atomic E-state index is 12.6. The lowest BCUT2D eigenvalue weighted by molar-refractivity contribution is 0.0561. The summed E-state index contributed by atoms with van der Waals surface area (Å²) < 4.78 is 5.26. The van der Waals surface area contributed by atoms with Crippen molar-refractivity contribution in [1.29, 1.82) is 0 Å². The highest BCUT2D eigenvalue weighted by Gasteiger charge is 2.30. The fourth-order valence-corrected chi connectivity index (χ4v) is 2.61. The molecule has 5 nitrogen and oxygen atoms in total. The lowest BCUT2D eigenvalue weighted by Crippen LogP contribution is -2.57. The normalized spacial score (nSPS) is 21.3. The second-order valence-electron chi connectivity index (χ2n) is 5.42. The van der Waals surface area contributed by atoms with Gasteiger partial charge in [0.25, 0.3) is 5.91 Å². The number of hydrogen-bond donors (Lipinski definition) is 1. The molecule has 0 aliphatic carbocycles. The molecular weight excluding hydrogens is 302 g/mol. The van der Waals surface area contributed by atoms with Crippen LogP contribution in [0.25, 0.3) is 11.3 Å².